The van der Waals surface area contributed by atoms with Crippen LogP contribution in [-0.4, -0.2) is 0 Å². The van der Waals surface area contributed by atoms with Crippen molar-refractivity contribution in [2.45, 2.75) is 0 Å². The monoisotopic (exact) mass is 410 g/mol. The molecule has 0 N–H and O–H groups in total. The van der Waals surface area contributed by atoms with Gasteiger partial charge in [-0.3, -0.25) is 0 Å². The van der Waals surface area contributed by atoms with E-state index < -0.39 is 0 Å². The van der Waals surface area contributed by atoms with Crippen LogP contribution in [0.4, 0.5) is 0 Å². The maximum atomic E-state index is 3.50. The van der Waals surface area contributed by atoms with Gasteiger partial charge in [0.15, 0.2) is 0 Å². The highest BCUT2D eigenvalue weighted by Crippen LogP contribution is 2.39. The number of rotatable bonds is 1. The fraction of sp³-hybridized carbons (Fsp3) is 0. The van der Waals surface area contributed by atoms with Crippen molar-refractivity contribution in [3.05, 3.63) is 119 Å². The predicted octanol–water partition coefficient (Wildman–Crippen LogP) is 8.27. The summed E-state index contributed by atoms with van der Waals surface area (Å²) in [6.07, 6.45) is 0. The molecule has 0 aliphatic rings. The van der Waals surface area contributed by atoms with E-state index in [0.717, 1.165) is 10.4 Å². The SMILES string of the molecule is C(#Cc1c2ccccc2c(-c2ccc3ccccc3c2)c2ccccc12)c1cccs1. The van der Waals surface area contributed by atoms with E-state index in [0.29, 0.717) is 0 Å². The quantitative estimate of drug-likeness (QED) is 0.189. The van der Waals surface area contributed by atoms with Gasteiger partial charge < -0.3 is 0 Å². The summed E-state index contributed by atoms with van der Waals surface area (Å²) in [7, 11) is 0. The van der Waals surface area contributed by atoms with Crippen LogP contribution in [0.25, 0.3) is 43.4 Å². The minimum atomic E-state index is 1.09. The second-order valence-corrected chi connectivity index (χ2v) is 8.58. The Morgan fingerprint density at radius 2 is 1.16 bits per heavy atom. The Kier molecular flexibility index (Phi) is 4.31. The van der Waals surface area contributed by atoms with Crippen LogP contribution in [0.15, 0.2) is 109 Å². The predicted molar refractivity (Wildman–Crippen MR) is 135 cm³/mol. The summed E-state index contributed by atoms with van der Waals surface area (Å²) in [5.74, 6) is 6.88. The van der Waals surface area contributed by atoms with Crippen LogP contribution in [0.3, 0.4) is 0 Å². The molecule has 6 rings (SSSR count). The van der Waals surface area contributed by atoms with E-state index in [-0.39, 0.29) is 0 Å². The lowest BCUT2D eigenvalue weighted by Crippen LogP contribution is -1.90. The van der Waals surface area contributed by atoms with Gasteiger partial charge in [0.1, 0.15) is 0 Å². The van der Waals surface area contributed by atoms with Gasteiger partial charge >= 0.3 is 0 Å². The van der Waals surface area contributed by atoms with Crippen LogP contribution in [0, 0.1) is 11.8 Å². The second-order valence-electron chi connectivity index (χ2n) is 7.63. The smallest absolute Gasteiger partial charge is 0.0772 e. The van der Waals surface area contributed by atoms with Crippen LogP contribution in [-0.2, 0) is 0 Å². The van der Waals surface area contributed by atoms with Crippen LogP contribution in [0.5, 0.6) is 0 Å². The van der Waals surface area contributed by atoms with Crippen LogP contribution < -0.4 is 0 Å². The molecule has 1 aromatic heterocycles. The Morgan fingerprint density at radius 1 is 0.516 bits per heavy atom. The van der Waals surface area contributed by atoms with Gasteiger partial charge in [0.05, 0.1) is 4.88 Å². The van der Waals surface area contributed by atoms with Crippen molar-refractivity contribution in [3.63, 3.8) is 0 Å². The molecule has 5 aromatic carbocycles. The zero-order valence-electron chi connectivity index (χ0n) is 16.8. The molecule has 0 atom stereocenters. The largest absolute Gasteiger partial charge is 0.135 e. The van der Waals surface area contributed by atoms with Crippen molar-refractivity contribution >= 4 is 43.7 Å². The van der Waals surface area contributed by atoms with Gasteiger partial charge in [0.25, 0.3) is 0 Å². The van der Waals surface area contributed by atoms with E-state index >= 15 is 0 Å². The molecular formula is C30H18S. The molecule has 0 fully saturated rings. The Labute approximate surface area is 185 Å². The molecule has 0 saturated heterocycles. The van der Waals surface area contributed by atoms with E-state index in [1.54, 1.807) is 11.3 Å². The van der Waals surface area contributed by atoms with Crippen molar-refractivity contribution in [2.75, 3.05) is 0 Å². The van der Waals surface area contributed by atoms with Crippen molar-refractivity contribution in [1.29, 1.82) is 0 Å². The van der Waals surface area contributed by atoms with Gasteiger partial charge in [-0.15, -0.1) is 11.3 Å². The van der Waals surface area contributed by atoms with E-state index in [1.807, 2.05) is 6.07 Å². The lowest BCUT2D eigenvalue weighted by molar-refractivity contribution is 1.69. The number of thiophene rings is 1. The molecule has 0 bridgehead atoms. The molecule has 0 nitrogen and oxygen atoms in total. The van der Waals surface area contributed by atoms with E-state index in [9.17, 15) is 0 Å². The lowest BCUT2D eigenvalue weighted by atomic mass is 9.88. The zero-order chi connectivity index (χ0) is 20.6. The first-order chi connectivity index (χ1) is 15.4. The van der Waals surface area contributed by atoms with Gasteiger partial charge in [-0.1, -0.05) is 103 Å². The Morgan fingerprint density at radius 3 is 1.84 bits per heavy atom. The fourth-order valence-corrected chi connectivity index (χ4v) is 4.96. The van der Waals surface area contributed by atoms with Gasteiger partial charge in [-0.2, -0.15) is 0 Å². The topological polar surface area (TPSA) is 0 Å². The number of fused-ring (bicyclic) bond motifs is 3. The molecule has 0 aliphatic heterocycles. The average molecular weight is 411 g/mol. The highest BCUT2D eigenvalue weighted by molar-refractivity contribution is 7.10. The summed E-state index contributed by atoms with van der Waals surface area (Å²) in [6.45, 7) is 0. The molecule has 144 valence electrons. The first kappa shape index (κ1) is 18.0. The number of hydrogen-bond donors (Lipinski definition) is 0. The third-order valence-electron chi connectivity index (χ3n) is 5.80. The highest BCUT2D eigenvalue weighted by atomic mass is 32.1. The van der Waals surface area contributed by atoms with Crippen molar-refractivity contribution in [2.24, 2.45) is 0 Å². The second kappa shape index (κ2) is 7.43. The zero-order valence-corrected chi connectivity index (χ0v) is 17.6. The molecule has 31 heavy (non-hydrogen) atoms. The summed E-state index contributed by atoms with van der Waals surface area (Å²) in [5, 5.41) is 9.48. The minimum Gasteiger partial charge on any atom is -0.135 e. The van der Waals surface area contributed by atoms with Gasteiger partial charge in [-0.25, -0.2) is 0 Å². The third-order valence-corrected chi connectivity index (χ3v) is 6.59. The molecule has 6 aromatic rings. The summed E-state index contributed by atoms with van der Waals surface area (Å²) in [5.41, 5.74) is 3.62. The maximum Gasteiger partial charge on any atom is 0.0772 e. The Hall–Kier alpha value is -3.86. The van der Waals surface area contributed by atoms with Crippen LogP contribution >= 0.6 is 11.3 Å². The molecule has 0 saturated carbocycles. The minimum absolute atomic E-state index is 1.09. The van der Waals surface area contributed by atoms with Gasteiger partial charge in [-0.05, 0) is 61.0 Å². The molecule has 0 amide bonds. The molecule has 0 unspecified atom stereocenters. The molecule has 0 spiro atoms. The highest BCUT2D eigenvalue weighted by Gasteiger charge is 2.14. The molecule has 1 heteroatoms. The summed E-state index contributed by atoms with van der Waals surface area (Å²) in [4.78, 5) is 1.09. The number of benzene rings is 5. The number of hydrogen-bond acceptors (Lipinski definition) is 1. The lowest BCUT2D eigenvalue weighted by Gasteiger charge is -2.15. The normalized spacial score (nSPS) is 11.0. The Bertz CT molecular complexity index is 1570. The van der Waals surface area contributed by atoms with E-state index in [1.165, 1.54) is 43.4 Å². The molecular weight excluding hydrogens is 392 g/mol. The maximum absolute atomic E-state index is 3.50. The molecule has 1 heterocycles. The fourth-order valence-electron chi connectivity index (χ4n) is 4.39. The first-order valence-corrected chi connectivity index (χ1v) is 11.2. The standard InChI is InChI=1S/C30H18S/c1-2-9-22-20-23(16-15-21(22)8-1)30-28-13-5-3-11-25(28)27(18-17-24-10-7-19-31-24)26-12-4-6-14-29(26)30/h1-16,19-20H. The van der Waals surface area contributed by atoms with Crippen molar-refractivity contribution in [1.82, 2.24) is 0 Å². The summed E-state index contributed by atoms with van der Waals surface area (Å²) in [6, 6.07) is 36.8. The van der Waals surface area contributed by atoms with E-state index in [4.69, 9.17) is 0 Å². The molecule has 0 aliphatic carbocycles. The van der Waals surface area contributed by atoms with Crippen LogP contribution in [0.1, 0.15) is 10.4 Å². The van der Waals surface area contributed by atoms with Crippen molar-refractivity contribution in [3.8, 4) is 23.0 Å². The van der Waals surface area contributed by atoms with Crippen LogP contribution in [0.2, 0.25) is 0 Å². The van der Waals surface area contributed by atoms with Gasteiger partial charge in [0.2, 0.25) is 0 Å². The first-order valence-electron chi connectivity index (χ1n) is 10.4. The van der Waals surface area contributed by atoms with E-state index in [2.05, 4.69) is 114 Å². The third kappa shape index (κ3) is 3.10. The average Bonchev–Trinajstić information content (AvgIpc) is 3.35. The van der Waals surface area contributed by atoms with Crippen molar-refractivity contribution < 1.29 is 0 Å². The Balaban J connectivity index is 1.71. The summed E-state index contributed by atoms with van der Waals surface area (Å²) < 4.78 is 0. The summed E-state index contributed by atoms with van der Waals surface area (Å²) >= 11 is 1.68. The van der Waals surface area contributed by atoms with Gasteiger partial charge in [0, 0.05) is 5.56 Å². The molecule has 0 radical (unpaired) electrons.